The van der Waals surface area contributed by atoms with Gasteiger partial charge in [0.05, 0.1) is 36.7 Å². The molecule has 2 fully saturated rings. The number of nitrogens with zero attached hydrogens (tertiary/aromatic N) is 1. The van der Waals surface area contributed by atoms with Gasteiger partial charge in [0.15, 0.2) is 0 Å². The SMILES string of the molecule is Nc1ccccc1NC(=O)c1ccc(NC2CN(C3COC3)C2)cc1. The van der Waals surface area contributed by atoms with Gasteiger partial charge in [0.25, 0.3) is 5.91 Å². The molecular weight excluding hydrogens is 316 g/mol. The largest absolute Gasteiger partial charge is 0.397 e. The fraction of sp³-hybridized carbons (Fsp3) is 0.316. The molecule has 2 aliphatic rings. The van der Waals surface area contributed by atoms with Gasteiger partial charge in [-0.25, -0.2) is 0 Å². The second kappa shape index (κ2) is 6.74. The van der Waals surface area contributed by atoms with Crippen LogP contribution in [-0.2, 0) is 4.74 Å². The summed E-state index contributed by atoms with van der Waals surface area (Å²) in [4.78, 5) is 14.8. The third kappa shape index (κ3) is 3.45. The van der Waals surface area contributed by atoms with Crippen LogP contribution in [0.1, 0.15) is 10.4 Å². The van der Waals surface area contributed by atoms with E-state index in [9.17, 15) is 4.79 Å². The molecule has 2 aromatic carbocycles. The zero-order chi connectivity index (χ0) is 17.2. The van der Waals surface area contributed by atoms with Crippen molar-refractivity contribution in [3.63, 3.8) is 0 Å². The van der Waals surface area contributed by atoms with Crippen molar-refractivity contribution in [1.29, 1.82) is 0 Å². The minimum absolute atomic E-state index is 0.163. The van der Waals surface area contributed by atoms with Gasteiger partial charge in [-0.2, -0.15) is 0 Å². The van der Waals surface area contributed by atoms with Gasteiger partial charge >= 0.3 is 0 Å². The number of likely N-dealkylation sites (tertiary alicyclic amines) is 1. The van der Waals surface area contributed by atoms with E-state index in [-0.39, 0.29) is 5.91 Å². The average Bonchev–Trinajstić information content (AvgIpc) is 2.54. The number of hydrogen-bond donors (Lipinski definition) is 3. The van der Waals surface area contributed by atoms with Crippen molar-refractivity contribution < 1.29 is 9.53 Å². The van der Waals surface area contributed by atoms with E-state index in [4.69, 9.17) is 10.5 Å². The molecule has 2 saturated heterocycles. The summed E-state index contributed by atoms with van der Waals surface area (Å²) in [5, 5.41) is 6.34. The topological polar surface area (TPSA) is 79.6 Å². The third-order valence-electron chi connectivity index (χ3n) is 4.77. The average molecular weight is 338 g/mol. The lowest BCUT2D eigenvalue weighted by Crippen LogP contribution is -2.63. The Morgan fingerprint density at radius 1 is 1.08 bits per heavy atom. The maximum atomic E-state index is 12.3. The number of rotatable bonds is 5. The number of amides is 1. The first kappa shape index (κ1) is 15.9. The molecule has 0 unspecified atom stereocenters. The fourth-order valence-corrected chi connectivity index (χ4v) is 3.10. The standard InChI is InChI=1S/C19H22N4O2/c20-17-3-1-2-4-18(17)22-19(24)13-5-7-14(8-6-13)21-15-9-23(10-15)16-11-25-12-16/h1-8,15-16,21H,9-12,20H2,(H,22,24). The highest BCUT2D eigenvalue weighted by atomic mass is 16.5. The lowest BCUT2D eigenvalue weighted by atomic mass is 10.0. The van der Waals surface area contributed by atoms with Crippen LogP contribution in [0.5, 0.6) is 0 Å². The number of nitrogens with one attached hydrogen (secondary N) is 2. The van der Waals surface area contributed by atoms with E-state index >= 15 is 0 Å². The maximum absolute atomic E-state index is 12.3. The van der Waals surface area contributed by atoms with Gasteiger partial charge < -0.3 is 21.1 Å². The summed E-state index contributed by atoms with van der Waals surface area (Å²) in [5.74, 6) is -0.163. The van der Waals surface area contributed by atoms with Crippen molar-refractivity contribution in [1.82, 2.24) is 4.90 Å². The van der Waals surface area contributed by atoms with Crippen molar-refractivity contribution >= 4 is 23.0 Å². The van der Waals surface area contributed by atoms with Gasteiger partial charge in [0.2, 0.25) is 0 Å². The van der Waals surface area contributed by atoms with Crippen molar-refractivity contribution in [2.24, 2.45) is 0 Å². The van der Waals surface area contributed by atoms with Crippen molar-refractivity contribution in [3.8, 4) is 0 Å². The van der Waals surface area contributed by atoms with Crippen molar-refractivity contribution in [3.05, 3.63) is 54.1 Å². The van der Waals surface area contributed by atoms with E-state index in [0.717, 1.165) is 32.0 Å². The van der Waals surface area contributed by atoms with Crippen LogP contribution in [0.3, 0.4) is 0 Å². The lowest BCUT2D eigenvalue weighted by molar-refractivity contribution is -0.0874. The number of hydrogen-bond acceptors (Lipinski definition) is 5. The van der Waals surface area contributed by atoms with Crippen LogP contribution in [0.15, 0.2) is 48.5 Å². The second-order valence-corrected chi connectivity index (χ2v) is 6.61. The van der Waals surface area contributed by atoms with Gasteiger partial charge in [0.1, 0.15) is 0 Å². The normalized spacial score (nSPS) is 18.2. The molecule has 0 atom stereocenters. The van der Waals surface area contributed by atoms with Crippen LogP contribution in [-0.4, -0.2) is 49.2 Å². The molecule has 2 aliphatic heterocycles. The molecule has 2 heterocycles. The van der Waals surface area contributed by atoms with E-state index in [1.807, 2.05) is 36.4 Å². The Bertz CT molecular complexity index is 752. The van der Waals surface area contributed by atoms with Gasteiger partial charge in [0, 0.05) is 24.3 Å². The molecule has 4 N–H and O–H groups in total. The highest BCUT2D eigenvalue weighted by Gasteiger charge is 2.35. The molecule has 0 bridgehead atoms. The second-order valence-electron chi connectivity index (χ2n) is 6.61. The quantitative estimate of drug-likeness (QED) is 0.727. The van der Waals surface area contributed by atoms with Crippen LogP contribution >= 0.6 is 0 Å². The Kier molecular flexibility index (Phi) is 4.29. The molecule has 4 rings (SSSR count). The first-order valence-corrected chi connectivity index (χ1v) is 8.53. The first-order chi connectivity index (χ1) is 12.2. The third-order valence-corrected chi connectivity index (χ3v) is 4.77. The van der Waals surface area contributed by atoms with Crippen LogP contribution in [0.2, 0.25) is 0 Å². The highest BCUT2D eigenvalue weighted by Crippen LogP contribution is 2.22. The molecule has 25 heavy (non-hydrogen) atoms. The number of benzene rings is 2. The zero-order valence-electron chi connectivity index (χ0n) is 13.9. The molecule has 6 heteroatoms. The maximum Gasteiger partial charge on any atom is 0.255 e. The number of carbonyl (C=O) groups excluding carboxylic acids is 1. The fourth-order valence-electron chi connectivity index (χ4n) is 3.10. The Labute approximate surface area is 147 Å². The molecule has 1 amide bonds. The molecule has 0 spiro atoms. The Hall–Kier alpha value is -2.57. The number of nitrogen functional groups attached to an aromatic ring is 1. The number of ether oxygens (including phenoxy) is 1. The smallest absolute Gasteiger partial charge is 0.255 e. The lowest BCUT2D eigenvalue weighted by Gasteiger charge is -2.47. The summed E-state index contributed by atoms with van der Waals surface area (Å²) >= 11 is 0. The molecule has 0 saturated carbocycles. The van der Waals surface area contributed by atoms with Crippen LogP contribution in [0.4, 0.5) is 17.1 Å². The van der Waals surface area contributed by atoms with Crippen LogP contribution < -0.4 is 16.4 Å². The summed E-state index contributed by atoms with van der Waals surface area (Å²) < 4.78 is 5.22. The zero-order valence-corrected chi connectivity index (χ0v) is 13.9. The summed E-state index contributed by atoms with van der Waals surface area (Å²) in [5.41, 5.74) is 8.68. The minimum Gasteiger partial charge on any atom is -0.397 e. The van der Waals surface area contributed by atoms with E-state index in [2.05, 4.69) is 15.5 Å². The van der Waals surface area contributed by atoms with E-state index in [0.29, 0.717) is 29.0 Å². The molecule has 6 nitrogen and oxygen atoms in total. The summed E-state index contributed by atoms with van der Waals surface area (Å²) in [7, 11) is 0. The Morgan fingerprint density at radius 3 is 2.44 bits per heavy atom. The van der Waals surface area contributed by atoms with E-state index < -0.39 is 0 Å². The van der Waals surface area contributed by atoms with Gasteiger partial charge in [-0.1, -0.05) is 12.1 Å². The van der Waals surface area contributed by atoms with Gasteiger partial charge in [-0.05, 0) is 36.4 Å². The van der Waals surface area contributed by atoms with Gasteiger partial charge in [-0.15, -0.1) is 0 Å². The molecule has 0 aliphatic carbocycles. The number of nitrogens with two attached hydrogens (primary N) is 1. The number of anilines is 3. The predicted molar refractivity (Wildman–Crippen MR) is 98.8 cm³/mol. The number of para-hydroxylation sites is 2. The Balaban J connectivity index is 1.31. The minimum atomic E-state index is -0.163. The molecule has 130 valence electrons. The molecule has 0 aromatic heterocycles. The highest BCUT2D eigenvalue weighted by molar-refractivity contribution is 6.05. The van der Waals surface area contributed by atoms with Crippen LogP contribution in [0.25, 0.3) is 0 Å². The molecular formula is C19H22N4O2. The van der Waals surface area contributed by atoms with Crippen molar-refractivity contribution in [2.75, 3.05) is 42.7 Å². The van der Waals surface area contributed by atoms with Crippen LogP contribution in [0, 0.1) is 0 Å². The molecule has 0 radical (unpaired) electrons. The summed E-state index contributed by atoms with van der Waals surface area (Å²) in [6.07, 6.45) is 0. The Morgan fingerprint density at radius 2 is 1.80 bits per heavy atom. The van der Waals surface area contributed by atoms with E-state index in [1.165, 1.54) is 0 Å². The number of carbonyl (C=O) groups is 1. The monoisotopic (exact) mass is 338 g/mol. The van der Waals surface area contributed by atoms with Crippen molar-refractivity contribution in [2.45, 2.75) is 12.1 Å². The van der Waals surface area contributed by atoms with E-state index in [1.54, 1.807) is 12.1 Å². The first-order valence-electron chi connectivity index (χ1n) is 8.53. The predicted octanol–water partition coefficient (Wildman–Crippen LogP) is 2.02. The molecule has 2 aromatic rings. The van der Waals surface area contributed by atoms with Gasteiger partial charge in [-0.3, -0.25) is 9.69 Å². The summed E-state index contributed by atoms with van der Waals surface area (Å²) in [6, 6.07) is 15.8. The summed E-state index contributed by atoms with van der Waals surface area (Å²) in [6.45, 7) is 3.82.